The number of rotatable bonds is 5. The van der Waals surface area contributed by atoms with E-state index in [9.17, 15) is 0 Å². The van der Waals surface area contributed by atoms with Crippen LogP contribution >= 0.6 is 11.6 Å². The first-order chi connectivity index (χ1) is 8.78. The number of benzene rings is 1. The van der Waals surface area contributed by atoms with Gasteiger partial charge in [0.2, 0.25) is 0 Å². The van der Waals surface area contributed by atoms with Crippen LogP contribution in [0.4, 0.5) is 0 Å². The highest BCUT2D eigenvalue weighted by atomic mass is 35.5. The smallest absolute Gasteiger partial charge is 0.0408 e. The van der Waals surface area contributed by atoms with E-state index < -0.39 is 0 Å². The van der Waals surface area contributed by atoms with Crippen molar-refractivity contribution in [1.29, 1.82) is 0 Å². The first-order valence-corrected chi connectivity index (χ1v) is 6.46. The largest absolute Gasteiger partial charge is 0.316 e. The first kappa shape index (κ1) is 13.1. The zero-order valence-corrected chi connectivity index (χ0v) is 11.2. The molecule has 0 saturated heterocycles. The Morgan fingerprint density at radius 3 is 2.61 bits per heavy atom. The van der Waals surface area contributed by atoms with Gasteiger partial charge in [0, 0.05) is 23.5 Å². The maximum atomic E-state index is 6.00. The van der Waals surface area contributed by atoms with Gasteiger partial charge in [-0.25, -0.2) is 0 Å². The zero-order valence-electron chi connectivity index (χ0n) is 10.4. The SMILES string of the molecule is CNC(Cc1cccnc1)Cc1cccc(Cl)c1. The molecule has 0 aliphatic carbocycles. The Morgan fingerprint density at radius 1 is 1.17 bits per heavy atom. The molecule has 3 heteroatoms. The lowest BCUT2D eigenvalue weighted by Gasteiger charge is -2.16. The molecule has 0 amide bonds. The molecule has 0 spiro atoms. The van der Waals surface area contributed by atoms with Gasteiger partial charge in [0.25, 0.3) is 0 Å². The summed E-state index contributed by atoms with van der Waals surface area (Å²) in [4.78, 5) is 4.14. The summed E-state index contributed by atoms with van der Waals surface area (Å²) in [6, 6.07) is 12.5. The summed E-state index contributed by atoms with van der Waals surface area (Å²) >= 11 is 6.00. The molecule has 2 rings (SSSR count). The highest BCUT2D eigenvalue weighted by Crippen LogP contribution is 2.13. The Labute approximate surface area is 113 Å². The lowest BCUT2D eigenvalue weighted by atomic mass is 10.00. The molecule has 0 bridgehead atoms. The highest BCUT2D eigenvalue weighted by Gasteiger charge is 2.08. The predicted molar refractivity (Wildman–Crippen MR) is 75.9 cm³/mol. The van der Waals surface area contributed by atoms with Gasteiger partial charge in [-0.3, -0.25) is 4.98 Å². The van der Waals surface area contributed by atoms with Crippen molar-refractivity contribution in [2.24, 2.45) is 0 Å². The fourth-order valence-corrected chi connectivity index (χ4v) is 2.24. The molecule has 1 atom stereocenters. The molecular weight excluding hydrogens is 244 g/mol. The fraction of sp³-hybridized carbons (Fsp3) is 0.267. The number of halogens is 1. The first-order valence-electron chi connectivity index (χ1n) is 6.08. The second-order valence-corrected chi connectivity index (χ2v) is 4.82. The van der Waals surface area contributed by atoms with Crippen LogP contribution in [0.25, 0.3) is 0 Å². The van der Waals surface area contributed by atoms with Gasteiger partial charge < -0.3 is 5.32 Å². The van der Waals surface area contributed by atoms with Gasteiger partial charge in [-0.05, 0) is 49.2 Å². The predicted octanol–water partition coefficient (Wildman–Crippen LogP) is 3.11. The molecule has 1 N–H and O–H groups in total. The third-order valence-electron chi connectivity index (χ3n) is 2.98. The van der Waals surface area contributed by atoms with E-state index in [2.05, 4.69) is 22.4 Å². The second-order valence-electron chi connectivity index (χ2n) is 4.39. The van der Waals surface area contributed by atoms with E-state index >= 15 is 0 Å². The summed E-state index contributed by atoms with van der Waals surface area (Å²) in [5, 5.41) is 4.14. The Morgan fingerprint density at radius 2 is 1.94 bits per heavy atom. The molecule has 1 aromatic heterocycles. The lowest BCUT2D eigenvalue weighted by molar-refractivity contribution is 0.556. The van der Waals surface area contributed by atoms with Gasteiger partial charge in [0.15, 0.2) is 0 Å². The van der Waals surface area contributed by atoms with Gasteiger partial charge in [0.1, 0.15) is 0 Å². The Hall–Kier alpha value is -1.38. The van der Waals surface area contributed by atoms with E-state index in [-0.39, 0.29) is 0 Å². The summed E-state index contributed by atoms with van der Waals surface area (Å²) in [6.45, 7) is 0. The molecule has 0 aliphatic heterocycles. The Kier molecular flexibility index (Phi) is 4.73. The van der Waals surface area contributed by atoms with Crippen LogP contribution in [-0.4, -0.2) is 18.1 Å². The number of nitrogens with zero attached hydrogens (tertiary/aromatic N) is 1. The van der Waals surface area contributed by atoms with Crippen molar-refractivity contribution >= 4 is 11.6 Å². The van der Waals surface area contributed by atoms with E-state index in [1.807, 2.05) is 37.5 Å². The molecule has 2 aromatic rings. The normalized spacial score (nSPS) is 12.3. The monoisotopic (exact) mass is 260 g/mol. The zero-order chi connectivity index (χ0) is 12.8. The number of pyridine rings is 1. The van der Waals surface area contributed by atoms with Crippen LogP contribution in [0.15, 0.2) is 48.8 Å². The van der Waals surface area contributed by atoms with E-state index in [0.29, 0.717) is 6.04 Å². The van der Waals surface area contributed by atoms with E-state index in [1.54, 1.807) is 6.20 Å². The van der Waals surface area contributed by atoms with Crippen LogP contribution in [-0.2, 0) is 12.8 Å². The maximum absolute atomic E-state index is 6.00. The second kappa shape index (κ2) is 6.53. The van der Waals surface area contributed by atoms with E-state index in [4.69, 9.17) is 11.6 Å². The van der Waals surface area contributed by atoms with Gasteiger partial charge in [0.05, 0.1) is 0 Å². The van der Waals surface area contributed by atoms with Crippen molar-refractivity contribution < 1.29 is 0 Å². The van der Waals surface area contributed by atoms with E-state index in [1.165, 1.54) is 11.1 Å². The van der Waals surface area contributed by atoms with Crippen molar-refractivity contribution in [2.75, 3.05) is 7.05 Å². The minimum absolute atomic E-state index is 0.396. The van der Waals surface area contributed by atoms with Gasteiger partial charge >= 0.3 is 0 Å². The molecule has 1 unspecified atom stereocenters. The topological polar surface area (TPSA) is 24.9 Å². The summed E-state index contributed by atoms with van der Waals surface area (Å²) in [7, 11) is 1.99. The van der Waals surface area contributed by atoms with Crippen LogP contribution in [0.5, 0.6) is 0 Å². The van der Waals surface area contributed by atoms with E-state index in [0.717, 1.165) is 17.9 Å². The Balaban J connectivity index is 2.01. The van der Waals surface area contributed by atoms with Gasteiger partial charge in [-0.15, -0.1) is 0 Å². The van der Waals surface area contributed by atoms with Crippen LogP contribution in [0.3, 0.4) is 0 Å². The average Bonchev–Trinajstić information content (AvgIpc) is 2.39. The average molecular weight is 261 g/mol. The third kappa shape index (κ3) is 3.83. The van der Waals surface area contributed by atoms with Crippen LogP contribution in [0, 0.1) is 0 Å². The van der Waals surface area contributed by atoms with Gasteiger partial charge in [-0.2, -0.15) is 0 Å². The van der Waals surface area contributed by atoms with Crippen molar-refractivity contribution in [1.82, 2.24) is 10.3 Å². The van der Waals surface area contributed by atoms with Crippen molar-refractivity contribution in [3.05, 3.63) is 64.9 Å². The van der Waals surface area contributed by atoms with Crippen LogP contribution in [0.1, 0.15) is 11.1 Å². The quantitative estimate of drug-likeness (QED) is 0.894. The number of nitrogens with one attached hydrogen (secondary N) is 1. The summed E-state index contributed by atoms with van der Waals surface area (Å²) in [5.41, 5.74) is 2.50. The number of aromatic nitrogens is 1. The molecule has 0 saturated carbocycles. The highest BCUT2D eigenvalue weighted by molar-refractivity contribution is 6.30. The van der Waals surface area contributed by atoms with Crippen LogP contribution < -0.4 is 5.32 Å². The minimum Gasteiger partial charge on any atom is -0.316 e. The molecule has 0 radical (unpaired) electrons. The van der Waals surface area contributed by atoms with Crippen LogP contribution in [0.2, 0.25) is 5.02 Å². The third-order valence-corrected chi connectivity index (χ3v) is 3.22. The molecule has 18 heavy (non-hydrogen) atoms. The number of likely N-dealkylation sites (N-methyl/N-ethyl adjacent to an activating group) is 1. The summed E-state index contributed by atoms with van der Waals surface area (Å²) in [6.07, 6.45) is 5.65. The standard InChI is InChI=1S/C15H17ClN2/c1-17-15(10-13-5-3-7-18-11-13)9-12-4-2-6-14(16)8-12/h2-8,11,15,17H,9-10H2,1H3. The molecule has 1 aromatic carbocycles. The number of hydrogen-bond acceptors (Lipinski definition) is 2. The maximum Gasteiger partial charge on any atom is 0.0408 e. The fourth-order valence-electron chi connectivity index (χ4n) is 2.03. The molecule has 0 aliphatic rings. The molecular formula is C15H17ClN2. The van der Waals surface area contributed by atoms with Crippen molar-refractivity contribution in [3.63, 3.8) is 0 Å². The molecule has 2 nitrogen and oxygen atoms in total. The van der Waals surface area contributed by atoms with Crippen molar-refractivity contribution in [3.8, 4) is 0 Å². The number of hydrogen-bond donors (Lipinski definition) is 1. The summed E-state index contributed by atoms with van der Waals surface area (Å²) < 4.78 is 0. The lowest BCUT2D eigenvalue weighted by Crippen LogP contribution is -2.29. The van der Waals surface area contributed by atoms with Crippen molar-refractivity contribution in [2.45, 2.75) is 18.9 Å². The van der Waals surface area contributed by atoms with Gasteiger partial charge in [-0.1, -0.05) is 29.8 Å². The Bertz CT molecular complexity index is 485. The summed E-state index contributed by atoms with van der Waals surface area (Å²) in [5.74, 6) is 0. The molecule has 0 fully saturated rings. The molecule has 1 heterocycles. The molecule has 94 valence electrons. The minimum atomic E-state index is 0.396.